The van der Waals surface area contributed by atoms with Crippen LogP contribution in [0.25, 0.3) is 0 Å². The van der Waals surface area contributed by atoms with Gasteiger partial charge in [-0.1, -0.05) is 48.1 Å². The van der Waals surface area contributed by atoms with Crippen LogP contribution >= 0.6 is 0 Å². The van der Waals surface area contributed by atoms with Gasteiger partial charge in [0.1, 0.15) is 6.61 Å². The molecule has 0 bridgehead atoms. The van der Waals surface area contributed by atoms with Gasteiger partial charge in [0.15, 0.2) is 8.32 Å². The quantitative estimate of drug-likeness (QED) is 0.0468. The standard InChI is InChI=1S/C30H60O11Si/c1-8-30(31)40-25-23-38-21-19-36-17-15-34-13-11-32-9-10-33-12-14-35-16-18-37-20-22-39-24-26-41-42(27(2)3,28(4)5)29(6)7/h8,27-29H,1,9-26H2,2-7H3. The van der Waals surface area contributed by atoms with Crippen LogP contribution in [0.5, 0.6) is 0 Å². The highest BCUT2D eigenvalue weighted by Crippen LogP contribution is 2.42. The third kappa shape index (κ3) is 21.7. The van der Waals surface area contributed by atoms with Crippen LogP contribution in [0.4, 0.5) is 0 Å². The number of esters is 1. The van der Waals surface area contributed by atoms with Crippen molar-refractivity contribution < 1.29 is 51.9 Å². The summed E-state index contributed by atoms with van der Waals surface area (Å²) in [6.07, 6.45) is 1.12. The summed E-state index contributed by atoms with van der Waals surface area (Å²) >= 11 is 0. The molecule has 0 aromatic rings. The third-order valence-electron chi connectivity index (χ3n) is 6.53. The summed E-state index contributed by atoms with van der Waals surface area (Å²) in [5, 5.41) is 0. The largest absolute Gasteiger partial charge is 0.460 e. The summed E-state index contributed by atoms with van der Waals surface area (Å²) in [6, 6.07) is 0. The summed E-state index contributed by atoms with van der Waals surface area (Å²) in [4.78, 5) is 10.8. The maximum atomic E-state index is 10.8. The van der Waals surface area contributed by atoms with E-state index in [2.05, 4.69) is 48.1 Å². The first-order chi connectivity index (χ1) is 20.3. The Bertz CT molecular complexity index is 598. The average molecular weight is 625 g/mol. The van der Waals surface area contributed by atoms with Gasteiger partial charge < -0.3 is 47.1 Å². The van der Waals surface area contributed by atoms with E-state index in [0.717, 1.165) is 6.08 Å². The molecule has 250 valence electrons. The fourth-order valence-electron chi connectivity index (χ4n) is 4.68. The van der Waals surface area contributed by atoms with E-state index in [1.165, 1.54) is 0 Å². The molecule has 0 N–H and O–H groups in total. The Kier molecular flexibility index (Phi) is 28.2. The van der Waals surface area contributed by atoms with Crippen molar-refractivity contribution in [2.24, 2.45) is 0 Å². The number of ether oxygens (including phenoxy) is 9. The molecule has 0 atom stereocenters. The van der Waals surface area contributed by atoms with Gasteiger partial charge in [-0.3, -0.25) is 0 Å². The van der Waals surface area contributed by atoms with Gasteiger partial charge in [0.2, 0.25) is 0 Å². The first-order valence-electron chi connectivity index (χ1n) is 15.3. The van der Waals surface area contributed by atoms with Gasteiger partial charge in [-0.15, -0.1) is 0 Å². The van der Waals surface area contributed by atoms with E-state index in [0.29, 0.717) is 129 Å². The molecule has 0 spiro atoms. The fraction of sp³-hybridized carbons (Fsp3) is 0.900. The van der Waals surface area contributed by atoms with E-state index in [-0.39, 0.29) is 6.61 Å². The van der Waals surface area contributed by atoms with Crippen molar-refractivity contribution in [3.05, 3.63) is 12.7 Å². The lowest BCUT2D eigenvalue weighted by atomic mass is 10.5. The van der Waals surface area contributed by atoms with E-state index >= 15 is 0 Å². The maximum absolute atomic E-state index is 10.8. The van der Waals surface area contributed by atoms with Gasteiger partial charge in [-0.25, -0.2) is 4.79 Å². The molecule has 0 aromatic carbocycles. The van der Waals surface area contributed by atoms with Crippen LogP contribution < -0.4 is 0 Å². The predicted octanol–water partition coefficient (Wildman–Crippen LogP) is 4.04. The minimum absolute atomic E-state index is 0.203. The number of hydrogen-bond donors (Lipinski definition) is 0. The van der Waals surface area contributed by atoms with Crippen LogP contribution in [0.1, 0.15) is 41.5 Å². The molecule has 0 aliphatic carbocycles. The Hall–Kier alpha value is -0.933. The molecule has 0 aromatic heterocycles. The van der Waals surface area contributed by atoms with Crippen LogP contribution in [0.15, 0.2) is 12.7 Å². The van der Waals surface area contributed by atoms with Crippen molar-refractivity contribution in [2.75, 3.05) is 119 Å². The van der Waals surface area contributed by atoms with Crippen molar-refractivity contribution >= 4 is 14.3 Å². The van der Waals surface area contributed by atoms with Crippen molar-refractivity contribution in [1.82, 2.24) is 0 Å². The molecule has 12 heteroatoms. The topological polar surface area (TPSA) is 109 Å². The van der Waals surface area contributed by atoms with E-state index < -0.39 is 14.3 Å². The smallest absolute Gasteiger partial charge is 0.330 e. The SMILES string of the molecule is C=CC(=O)OCCOCCOCCOCCOCCOCCOCCOCCOCCO[Si](C(C)C)(C(C)C)C(C)C. The number of hydrogen-bond acceptors (Lipinski definition) is 11. The zero-order valence-corrected chi connectivity index (χ0v) is 28.2. The normalized spacial score (nSPS) is 12.1. The van der Waals surface area contributed by atoms with Gasteiger partial charge in [0.05, 0.1) is 112 Å². The van der Waals surface area contributed by atoms with Gasteiger partial charge in [0, 0.05) is 6.08 Å². The molecule has 0 fully saturated rings. The van der Waals surface area contributed by atoms with Crippen LogP contribution in [0.2, 0.25) is 16.6 Å². The summed E-state index contributed by atoms with van der Waals surface area (Å²) in [5.41, 5.74) is 1.74. The minimum Gasteiger partial charge on any atom is -0.460 e. The first kappa shape index (κ1) is 41.1. The molecular weight excluding hydrogens is 564 g/mol. The van der Waals surface area contributed by atoms with Crippen molar-refractivity contribution in [3.63, 3.8) is 0 Å². The Morgan fingerprint density at radius 2 is 0.714 bits per heavy atom. The lowest BCUT2D eigenvalue weighted by molar-refractivity contribution is -0.139. The minimum atomic E-state index is -1.82. The van der Waals surface area contributed by atoms with Gasteiger partial charge in [0.25, 0.3) is 0 Å². The molecule has 0 rings (SSSR count). The van der Waals surface area contributed by atoms with Crippen LogP contribution in [0, 0.1) is 0 Å². The molecule has 0 saturated carbocycles. The van der Waals surface area contributed by atoms with E-state index in [4.69, 9.17) is 47.1 Å². The molecule has 0 aliphatic heterocycles. The molecule has 11 nitrogen and oxygen atoms in total. The summed E-state index contributed by atoms with van der Waals surface area (Å²) < 4.78 is 55.1. The highest BCUT2D eigenvalue weighted by atomic mass is 28.4. The van der Waals surface area contributed by atoms with Gasteiger partial charge >= 0.3 is 5.97 Å². The van der Waals surface area contributed by atoms with Gasteiger partial charge in [-0.05, 0) is 16.6 Å². The molecule has 0 unspecified atom stereocenters. The summed E-state index contributed by atoms with van der Waals surface area (Å²) in [6.45, 7) is 25.9. The lowest BCUT2D eigenvalue weighted by Gasteiger charge is -2.42. The van der Waals surface area contributed by atoms with E-state index in [1.54, 1.807) is 0 Å². The molecule has 0 amide bonds. The summed E-state index contributed by atoms with van der Waals surface area (Å²) in [5.74, 6) is -0.455. The Labute approximate surface area is 255 Å². The van der Waals surface area contributed by atoms with Gasteiger partial charge in [-0.2, -0.15) is 0 Å². The molecule has 0 saturated heterocycles. The third-order valence-corrected chi connectivity index (χ3v) is 12.6. The predicted molar refractivity (Wildman–Crippen MR) is 165 cm³/mol. The molecule has 0 heterocycles. The highest BCUT2D eigenvalue weighted by Gasteiger charge is 2.44. The molecular formula is C30H60O11Si. The Morgan fingerprint density at radius 1 is 0.476 bits per heavy atom. The zero-order chi connectivity index (χ0) is 31.3. The molecule has 0 radical (unpaired) electrons. The second-order valence-corrected chi connectivity index (χ2v) is 15.9. The van der Waals surface area contributed by atoms with Crippen molar-refractivity contribution in [1.29, 1.82) is 0 Å². The molecule has 42 heavy (non-hydrogen) atoms. The van der Waals surface area contributed by atoms with Crippen molar-refractivity contribution in [2.45, 2.75) is 58.2 Å². The number of carbonyl (C=O) groups excluding carboxylic acids is 1. The zero-order valence-electron chi connectivity index (χ0n) is 27.2. The average Bonchev–Trinajstić information content (AvgIpc) is 2.95. The first-order valence-corrected chi connectivity index (χ1v) is 17.5. The Morgan fingerprint density at radius 3 is 0.952 bits per heavy atom. The number of rotatable bonds is 32. The van der Waals surface area contributed by atoms with Crippen LogP contribution in [0.3, 0.4) is 0 Å². The second-order valence-electron chi connectivity index (χ2n) is 10.4. The monoisotopic (exact) mass is 624 g/mol. The van der Waals surface area contributed by atoms with Crippen molar-refractivity contribution in [3.8, 4) is 0 Å². The number of carbonyl (C=O) groups is 1. The summed E-state index contributed by atoms with van der Waals surface area (Å²) in [7, 11) is -1.82. The second kappa shape index (κ2) is 28.8. The lowest BCUT2D eigenvalue weighted by Crippen LogP contribution is -2.48. The van der Waals surface area contributed by atoms with Crippen LogP contribution in [-0.2, 0) is 51.9 Å². The highest BCUT2D eigenvalue weighted by molar-refractivity contribution is 6.77. The molecule has 0 aliphatic rings. The fourth-order valence-corrected chi connectivity index (χ4v) is 10.1. The van der Waals surface area contributed by atoms with Crippen LogP contribution in [-0.4, -0.2) is 133 Å². The maximum Gasteiger partial charge on any atom is 0.330 e. The van der Waals surface area contributed by atoms with E-state index in [9.17, 15) is 4.79 Å². The van der Waals surface area contributed by atoms with E-state index in [1.807, 2.05) is 0 Å². The Balaban J connectivity index is 3.30.